The first-order valence-electron chi connectivity index (χ1n) is 10.0. The van der Waals surface area contributed by atoms with E-state index in [1.54, 1.807) is 17.4 Å². The van der Waals surface area contributed by atoms with Crippen LogP contribution in [0.5, 0.6) is 0 Å². The van der Waals surface area contributed by atoms with Crippen LogP contribution in [0.4, 0.5) is 5.82 Å². The molecule has 4 rings (SSSR count). The standard InChI is InChI=1S/C23H24ClN3OS/c1-3-27(4-2)13-7-12-25-23-22-20(16-8-5-6-9-18(16)26-23)21(28)17-14-15(24)10-11-19(17)29-22/h5-6,8-11,14H,3-4,7,12-13H2,1-2H3,(H,25,26). The first kappa shape index (κ1) is 20.1. The molecular weight excluding hydrogens is 402 g/mol. The first-order chi connectivity index (χ1) is 14.1. The van der Waals surface area contributed by atoms with E-state index in [1.165, 1.54) is 0 Å². The fraction of sp³-hybridized carbons (Fsp3) is 0.304. The van der Waals surface area contributed by atoms with Crippen molar-refractivity contribution in [3.63, 3.8) is 0 Å². The molecule has 0 radical (unpaired) electrons. The van der Waals surface area contributed by atoms with Crippen LogP contribution in [0.3, 0.4) is 0 Å². The topological polar surface area (TPSA) is 45.2 Å². The van der Waals surface area contributed by atoms with Crippen LogP contribution in [0.2, 0.25) is 5.02 Å². The van der Waals surface area contributed by atoms with Crippen LogP contribution in [-0.4, -0.2) is 36.1 Å². The highest BCUT2D eigenvalue weighted by Crippen LogP contribution is 2.34. The zero-order valence-electron chi connectivity index (χ0n) is 16.7. The molecule has 0 amide bonds. The molecule has 2 heterocycles. The molecule has 0 unspecified atom stereocenters. The van der Waals surface area contributed by atoms with Gasteiger partial charge in [0.25, 0.3) is 0 Å². The van der Waals surface area contributed by atoms with E-state index < -0.39 is 0 Å². The maximum Gasteiger partial charge on any atom is 0.196 e. The van der Waals surface area contributed by atoms with Crippen molar-refractivity contribution in [1.29, 1.82) is 0 Å². The summed E-state index contributed by atoms with van der Waals surface area (Å²) in [6.07, 6.45) is 1.02. The Kier molecular flexibility index (Phi) is 5.99. The quantitative estimate of drug-likeness (QED) is 0.232. The van der Waals surface area contributed by atoms with Gasteiger partial charge in [0.2, 0.25) is 0 Å². The zero-order valence-corrected chi connectivity index (χ0v) is 18.2. The summed E-state index contributed by atoms with van der Waals surface area (Å²) in [5.74, 6) is 0.789. The zero-order chi connectivity index (χ0) is 20.4. The van der Waals surface area contributed by atoms with E-state index in [0.29, 0.717) is 10.4 Å². The Morgan fingerprint density at radius 3 is 2.69 bits per heavy atom. The third-order valence-corrected chi connectivity index (χ3v) is 6.72. The molecule has 0 aliphatic heterocycles. The maximum atomic E-state index is 13.4. The maximum absolute atomic E-state index is 13.4. The van der Waals surface area contributed by atoms with Crippen LogP contribution in [0.25, 0.3) is 31.1 Å². The average Bonchev–Trinajstić information content (AvgIpc) is 2.74. The van der Waals surface area contributed by atoms with Gasteiger partial charge in [-0.05, 0) is 50.3 Å². The number of pyridine rings is 1. The Labute approximate surface area is 179 Å². The number of nitrogens with one attached hydrogen (secondary N) is 1. The second-order valence-electron chi connectivity index (χ2n) is 7.06. The van der Waals surface area contributed by atoms with Gasteiger partial charge in [0, 0.05) is 27.0 Å². The number of nitrogens with zero attached hydrogens (tertiary/aromatic N) is 2. The van der Waals surface area contributed by atoms with Crippen molar-refractivity contribution in [2.75, 3.05) is 31.5 Å². The third-order valence-electron chi connectivity index (χ3n) is 5.31. The van der Waals surface area contributed by atoms with E-state index in [-0.39, 0.29) is 5.43 Å². The Balaban J connectivity index is 1.82. The first-order valence-corrected chi connectivity index (χ1v) is 11.2. The number of hydrogen-bond acceptors (Lipinski definition) is 5. The highest BCUT2D eigenvalue weighted by molar-refractivity contribution is 7.25. The Morgan fingerprint density at radius 1 is 1.10 bits per heavy atom. The highest BCUT2D eigenvalue weighted by atomic mass is 35.5. The number of para-hydroxylation sites is 1. The number of fused-ring (bicyclic) bond motifs is 4. The number of halogens is 1. The molecule has 2 aromatic carbocycles. The van der Waals surface area contributed by atoms with Gasteiger partial charge in [-0.15, -0.1) is 11.3 Å². The molecule has 29 heavy (non-hydrogen) atoms. The summed E-state index contributed by atoms with van der Waals surface area (Å²) in [6.45, 7) is 8.35. The summed E-state index contributed by atoms with van der Waals surface area (Å²) in [4.78, 5) is 20.6. The summed E-state index contributed by atoms with van der Waals surface area (Å²) in [5.41, 5.74) is 0.845. The Morgan fingerprint density at radius 2 is 1.90 bits per heavy atom. The molecule has 0 fully saturated rings. The molecule has 6 heteroatoms. The minimum Gasteiger partial charge on any atom is -0.369 e. The van der Waals surface area contributed by atoms with Gasteiger partial charge >= 0.3 is 0 Å². The molecule has 0 atom stereocenters. The molecule has 4 nitrogen and oxygen atoms in total. The summed E-state index contributed by atoms with van der Waals surface area (Å²) in [6, 6.07) is 13.4. The van der Waals surface area contributed by atoms with Gasteiger partial charge in [-0.1, -0.05) is 43.6 Å². The van der Waals surface area contributed by atoms with E-state index in [4.69, 9.17) is 16.6 Å². The number of aromatic nitrogens is 1. The van der Waals surface area contributed by atoms with Crippen LogP contribution in [0.15, 0.2) is 47.3 Å². The van der Waals surface area contributed by atoms with Crippen molar-refractivity contribution in [3.05, 3.63) is 57.7 Å². The molecule has 2 aromatic heterocycles. The fourth-order valence-corrected chi connectivity index (χ4v) is 5.01. The molecule has 1 N–H and O–H groups in total. The highest BCUT2D eigenvalue weighted by Gasteiger charge is 2.15. The molecule has 0 bridgehead atoms. The van der Waals surface area contributed by atoms with Crippen molar-refractivity contribution < 1.29 is 0 Å². The van der Waals surface area contributed by atoms with Gasteiger partial charge in [-0.2, -0.15) is 0 Å². The van der Waals surface area contributed by atoms with Gasteiger partial charge in [-0.3, -0.25) is 4.79 Å². The second-order valence-corrected chi connectivity index (χ2v) is 8.55. The van der Waals surface area contributed by atoms with Gasteiger partial charge in [0.05, 0.1) is 15.6 Å². The molecule has 4 aromatic rings. The van der Waals surface area contributed by atoms with Crippen LogP contribution in [0, 0.1) is 0 Å². The largest absolute Gasteiger partial charge is 0.369 e. The van der Waals surface area contributed by atoms with Gasteiger partial charge in [-0.25, -0.2) is 4.98 Å². The lowest BCUT2D eigenvalue weighted by Crippen LogP contribution is -2.25. The summed E-state index contributed by atoms with van der Waals surface area (Å²) >= 11 is 7.76. The van der Waals surface area contributed by atoms with Gasteiger partial charge in [0.1, 0.15) is 5.82 Å². The monoisotopic (exact) mass is 425 g/mol. The SMILES string of the molecule is CCN(CC)CCCNc1nc2ccccc2c2c(=O)c3cc(Cl)ccc3sc12. The fourth-order valence-electron chi connectivity index (χ4n) is 3.70. The van der Waals surface area contributed by atoms with Crippen molar-refractivity contribution in [1.82, 2.24) is 9.88 Å². The molecule has 0 saturated carbocycles. The normalized spacial score (nSPS) is 11.7. The minimum atomic E-state index is 0.0149. The summed E-state index contributed by atoms with van der Waals surface area (Å²) in [5, 5.41) is 6.35. The van der Waals surface area contributed by atoms with Gasteiger partial charge in [0.15, 0.2) is 5.43 Å². The van der Waals surface area contributed by atoms with Crippen LogP contribution >= 0.6 is 22.9 Å². The van der Waals surface area contributed by atoms with Crippen LogP contribution in [-0.2, 0) is 0 Å². The Hall–Kier alpha value is -2.21. The minimum absolute atomic E-state index is 0.0149. The second kappa shape index (κ2) is 8.66. The van der Waals surface area contributed by atoms with Crippen molar-refractivity contribution in [2.45, 2.75) is 20.3 Å². The lowest BCUT2D eigenvalue weighted by molar-refractivity contribution is 0.303. The number of anilines is 1. The van der Waals surface area contributed by atoms with E-state index in [1.807, 2.05) is 36.4 Å². The lowest BCUT2D eigenvalue weighted by atomic mass is 10.1. The molecular formula is C23H24ClN3OS. The predicted molar refractivity (Wildman–Crippen MR) is 127 cm³/mol. The molecule has 0 aliphatic carbocycles. The molecule has 150 valence electrons. The average molecular weight is 426 g/mol. The predicted octanol–water partition coefficient (Wildman–Crippen LogP) is 5.76. The number of rotatable bonds is 7. The third kappa shape index (κ3) is 3.95. The van der Waals surface area contributed by atoms with Crippen LogP contribution < -0.4 is 10.7 Å². The van der Waals surface area contributed by atoms with Crippen molar-refractivity contribution in [2.24, 2.45) is 0 Å². The van der Waals surface area contributed by atoms with E-state index in [0.717, 1.165) is 64.1 Å². The van der Waals surface area contributed by atoms with E-state index in [9.17, 15) is 4.79 Å². The van der Waals surface area contributed by atoms with Crippen molar-refractivity contribution >= 4 is 59.8 Å². The van der Waals surface area contributed by atoms with E-state index in [2.05, 4.69) is 24.1 Å². The molecule has 0 aliphatic rings. The number of hydrogen-bond donors (Lipinski definition) is 1. The molecule has 0 saturated heterocycles. The summed E-state index contributed by atoms with van der Waals surface area (Å²) in [7, 11) is 0. The lowest BCUT2D eigenvalue weighted by Gasteiger charge is -2.18. The molecule has 0 spiro atoms. The van der Waals surface area contributed by atoms with Crippen molar-refractivity contribution in [3.8, 4) is 0 Å². The number of benzene rings is 2. The smallest absolute Gasteiger partial charge is 0.196 e. The Bertz CT molecular complexity index is 1230. The van der Waals surface area contributed by atoms with Crippen LogP contribution in [0.1, 0.15) is 20.3 Å². The van der Waals surface area contributed by atoms with E-state index >= 15 is 0 Å². The van der Waals surface area contributed by atoms with Gasteiger partial charge < -0.3 is 10.2 Å². The summed E-state index contributed by atoms with van der Waals surface area (Å²) < 4.78 is 1.83.